The zero-order valence-corrected chi connectivity index (χ0v) is 55.9. The van der Waals surface area contributed by atoms with Crippen LogP contribution in [0.5, 0.6) is 0 Å². The first-order valence-electron chi connectivity index (χ1n) is 39.0. The third kappa shape index (κ3) is 10.9. The molecule has 2 fully saturated rings. The normalized spacial score (nSPS) is 18.1. The van der Waals surface area contributed by atoms with Crippen molar-refractivity contribution >= 4 is 127 Å². The second kappa shape index (κ2) is 23.7. The third-order valence-electron chi connectivity index (χ3n) is 19.7. The van der Waals surface area contributed by atoms with Crippen LogP contribution in [0.1, 0.15) is 146 Å². The van der Waals surface area contributed by atoms with E-state index in [1.165, 1.54) is 47.8 Å². The molecule has 0 atom stereocenters. The monoisotopic (exact) mass is 1270 g/mol. The average molecular weight is 1270 g/mol. The smallest absolute Gasteiger partial charge is 0.230 e. The Bertz CT molecular complexity index is 6080. The maximum atomic E-state index is 9.30. The minimum Gasteiger partial charge on any atom is -0.264 e. The van der Waals surface area contributed by atoms with E-state index in [9.17, 15) is 1.37 Å². The summed E-state index contributed by atoms with van der Waals surface area (Å²) in [6, 6.07) is 49.0. The van der Waals surface area contributed by atoms with Crippen molar-refractivity contribution in [3.63, 3.8) is 0 Å². The number of nitrogens with zero attached hydrogens (tertiary/aromatic N) is 4. The number of aromatic nitrogens is 4. The van der Waals surface area contributed by atoms with Crippen LogP contribution in [0.4, 0.5) is 0 Å². The molecule has 17 rings (SSSR count). The molecule has 0 radical (unpaired) electrons. The Morgan fingerprint density at radius 1 is 0.446 bits per heavy atom. The number of hydrogen-bond acceptors (Lipinski definition) is 4. The minimum atomic E-state index is -2.32. The van der Waals surface area contributed by atoms with Crippen LogP contribution in [0.25, 0.3) is 127 Å². The van der Waals surface area contributed by atoms with Crippen molar-refractivity contribution in [3.05, 3.63) is 227 Å². The van der Waals surface area contributed by atoms with Crippen LogP contribution >= 0.6 is 34.0 Å². The number of thiophene rings is 3. The quantitative estimate of drug-likeness (QED) is 0.158. The SMILES string of the molecule is Cc1ccccc1-c1c2sc3cc4ccncc4cc3c2cc[n+]1C.[2H]C([2H])([2H])c1ccc(-c2c3sc4cc5ccc(C6([2H])CCC(C)(C)CC6)cc5cc4c3c(C([2H])([2H])[2H])c[n+]2C)c(C)c1.[2H]C([2H])([2H])c1ccc(-c2c3sc4cc5ccc(C6([2H])CCCC6)cc5cc4c3c(C([2H])([2H])[2H])c[n+]2C)c(C)c1. The average Bonchev–Trinajstić information content (AvgIpc) is 1.56. The first-order chi connectivity index (χ1) is 49.9. The summed E-state index contributed by atoms with van der Waals surface area (Å²) in [6.45, 7) is 1.52. The number of fused-ring (bicyclic) bond motifs is 12. The van der Waals surface area contributed by atoms with Gasteiger partial charge >= 0.3 is 0 Å². The molecule has 0 saturated heterocycles. The Balaban J connectivity index is 0.000000131. The van der Waals surface area contributed by atoms with Crippen molar-refractivity contribution in [3.8, 4) is 33.8 Å². The summed E-state index contributed by atoms with van der Waals surface area (Å²) in [5.74, 6) is -1.17. The topological polar surface area (TPSA) is 24.5 Å². The summed E-state index contributed by atoms with van der Waals surface area (Å²) >= 11 is 5.02. The zero-order valence-electron chi connectivity index (χ0n) is 67.4. The lowest BCUT2D eigenvalue weighted by molar-refractivity contribution is -0.659. The van der Waals surface area contributed by atoms with Crippen LogP contribution in [0.2, 0.25) is 0 Å². The Morgan fingerprint density at radius 2 is 0.946 bits per heavy atom. The maximum Gasteiger partial charge on any atom is 0.230 e. The van der Waals surface area contributed by atoms with Gasteiger partial charge in [-0.3, -0.25) is 4.98 Å². The van der Waals surface area contributed by atoms with E-state index in [4.69, 9.17) is 17.8 Å². The summed E-state index contributed by atoms with van der Waals surface area (Å²) in [7, 11) is 5.84. The highest BCUT2D eigenvalue weighted by Crippen LogP contribution is 2.48. The molecule has 4 nitrogen and oxygen atoms in total. The zero-order chi connectivity index (χ0) is 75.3. The molecule has 0 spiro atoms. The predicted octanol–water partition coefficient (Wildman–Crippen LogP) is 23.0. The van der Waals surface area contributed by atoms with E-state index in [-0.39, 0.29) is 16.5 Å². The van der Waals surface area contributed by atoms with Gasteiger partial charge in [0.15, 0.2) is 18.6 Å². The van der Waals surface area contributed by atoms with E-state index in [0.717, 1.165) is 158 Å². The van der Waals surface area contributed by atoms with Gasteiger partial charge in [0, 0.05) is 101 Å². The molecule has 0 amide bonds. The van der Waals surface area contributed by atoms with Gasteiger partial charge in [0.1, 0.15) is 35.2 Å². The number of pyridine rings is 4. The molecule has 2 saturated carbocycles. The standard InChI is InChI=1S/C33H36NS.C30H30NS.C22H17N2S/c1-20-7-10-27(21(2)15-20)31-32-30(22(3)19-34(31)6)28-17-26-16-24(8-9-25(26)18-29(28)35-32)23-11-13-33(4,5)14-12-23;1-18-9-12-25(19(2)13-18)29-30-28(20(3)17-31(29)4)26-15-24-14-22(21-7-5-6-8-21)10-11-23(24)16-27(26)32-30;1-14-5-3-4-6-17(14)21-22-18(8-10-24(21)2)19-11-16-13-23-9-7-15(16)12-20(19)25-22/h7-10,15-19,23H,11-14H2,1-6H3;9-17,21H,5-8H2,1-4H3;3-13H,1-2H3/q3*+1/i1D3,3D3,23D;1D3,3D3,21D;. The molecule has 15 aromatic rings. The lowest BCUT2D eigenvalue weighted by Gasteiger charge is -2.34. The van der Waals surface area contributed by atoms with Gasteiger partial charge in [0.25, 0.3) is 0 Å². The molecule has 7 heteroatoms. The van der Waals surface area contributed by atoms with Crippen molar-refractivity contribution in [2.75, 3.05) is 0 Å². The van der Waals surface area contributed by atoms with Gasteiger partial charge in [-0.1, -0.05) is 117 Å². The molecule has 8 aromatic carbocycles. The molecular formula is C85H83N4S3+3. The van der Waals surface area contributed by atoms with Crippen LogP contribution in [0, 0.1) is 53.6 Å². The Kier molecular flexibility index (Phi) is 11.9. The van der Waals surface area contributed by atoms with E-state index >= 15 is 0 Å². The Morgan fingerprint density at radius 3 is 1.49 bits per heavy atom. The van der Waals surface area contributed by atoms with Gasteiger partial charge in [-0.2, -0.15) is 13.7 Å². The van der Waals surface area contributed by atoms with Gasteiger partial charge in [-0.05, 0) is 219 Å². The minimum absolute atomic E-state index is 0.272. The van der Waals surface area contributed by atoms with Crippen molar-refractivity contribution < 1.29 is 32.9 Å². The number of hydrogen-bond donors (Lipinski definition) is 0. The van der Waals surface area contributed by atoms with Gasteiger partial charge in [0.05, 0.1) is 16.7 Å². The molecule has 0 N–H and O–H groups in total. The largest absolute Gasteiger partial charge is 0.264 e. The van der Waals surface area contributed by atoms with E-state index in [1.54, 1.807) is 59.3 Å². The van der Waals surface area contributed by atoms with E-state index in [2.05, 4.69) is 153 Å². The van der Waals surface area contributed by atoms with Crippen molar-refractivity contribution in [1.82, 2.24) is 4.98 Å². The molecule has 0 bridgehead atoms. The second-order valence-corrected chi connectivity index (χ2v) is 29.7. The summed E-state index contributed by atoms with van der Waals surface area (Å²) < 4.78 is 128. The van der Waals surface area contributed by atoms with Crippen LogP contribution < -0.4 is 13.7 Å². The molecule has 0 unspecified atom stereocenters. The first-order valence-corrected chi connectivity index (χ1v) is 34.5. The van der Waals surface area contributed by atoms with Crippen molar-refractivity contribution in [2.24, 2.45) is 26.6 Å². The van der Waals surface area contributed by atoms with Crippen molar-refractivity contribution in [2.45, 2.75) is 125 Å². The second-order valence-electron chi connectivity index (χ2n) is 26.6. The highest BCUT2D eigenvalue weighted by Gasteiger charge is 2.30. The molecule has 2 aliphatic carbocycles. The fraction of sp³-hybridized carbons (Fsp3) is 0.271. The lowest BCUT2D eigenvalue weighted by atomic mass is 9.71. The number of benzene rings is 8. The van der Waals surface area contributed by atoms with Gasteiger partial charge in [0.2, 0.25) is 17.1 Å². The highest BCUT2D eigenvalue weighted by molar-refractivity contribution is 7.27. The number of rotatable bonds is 5. The third-order valence-corrected chi connectivity index (χ3v) is 23.2. The van der Waals surface area contributed by atoms with E-state index < -0.39 is 39.2 Å². The molecule has 2 aliphatic rings. The molecule has 7 heterocycles. The van der Waals surface area contributed by atoms with Gasteiger partial charge in [-0.25, -0.2) is 0 Å². The highest BCUT2D eigenvalue weighted by atomic mass is 32.1. The molecule has 92 heavy (non-hydrogen) atoms. The first kappa shape index (κ1) is 46.0. The van der Waals surface area contributed by atoms with Crippen LogP contribution in [0.3, 0.4) is 0 Å². The van der Waals surface area contributed by atoms with E-state index in [0.29, 0.717) is 11.1 Å². The summed E-state index contributed by atoms with van der Waals surface area (Å²) in [6.07, 6.45) is 17.0. The molecule has 0 aliphatic heterocycles. The lowest BCUT2D eigenvalue weighted by Crippen LogP contribution is -2.31. The Labute approximate surface area is 573 Å². The van der Waals surface area contributed by atoms with Gasteiger partial charge < -0.3 is 0 Å². The Hall–Kier alpha value is -8.20. The van der Waals surface area contributed by atoms with Crippen LogP contribution in [0.15, 0.2) is 177 Å². The molecular weight excluding hydrogens is 1170 g/mol. The fourth-order valence-electron chi connectivity index (χ4n) is 14.7. The summed E-state index contributed by atoms with van der Waals surface area (Å²) in [5, 5.41) is 12.5. The van der Waals surface area contributed by atoms with Crippen LogP contribution in [-0.2, 0) is 21.1 Å². The van der Waals surface area contributed by atoms with Crippen molar-refractivity contribution in [1.29, 1.82) is 0 Å². The van der Waals surface area contributed by atoms with E-state index in [1.807, 2.05) is 72.9 Å². The maximum absolute atomic E-state index is 9.30. The fourth-order valence-corrected chi connectivity index (χ4v) is 18.7. The van der Waals surface area contributed by atoms with Crippen LogP contribution in [-0.4, -0.2) is 4.98 Å². The van der Waals surface area contributed by atoms with Gasteiger partial charge in [-0.15, -0.1) is 34.0 Å². The molecule has 7 aromatic heterocycles. The predicted molar refractivity (Wildman–Crippen MR) is 398 cm³/mol. The summed E-state index contributed by atoms with van der Waals surface area (Å²) in [4.78, 5) is 4.27. The molecule has 458 valence electrons. The number of aryl methyl sites for hydroxylation is 10. The summed E-state index contributed by atoms with van der Waals surface area (Å²) in [5.41, 5.74) is 12.5.